The maximum Gasteiger partial charge on any atom is 0.151 e. The molecule has 0 aliphatic rings. The number of nitrogens with one attached hydrogen (secondary N) is 2. The summed E-state index contributed by atoms with van der Waals surface area (Å²) in [5.74, 6) is 2.47. The van der Waals surface area contributed by atoms with Crippen molar-refractivity contribution in [2.24, 2.45) is 0 Å². The van der Waals surface area contributed by atoms with E-state index in [4.69, 9.17) is 0 Å². The van der Waals surface area contributed by atoms with Gasteiger partial charge in [-0.1, -0.05) is 20.8 Å². The zero-order chi connectivity index (χ0) is 15.0. The van der Waals surface area contributed by atoms with E-state index < -0.39 is 9.84 Å². The molecule has 0 aliphatic heterocycles. The summed E-state index contributed by atoms with van der Waals surface area (Å²) in [5, 5.41) is 6.27. The Morgan fingerprint density at radius 1 is 1.05 bits per heavy atom. The number of hydrogen-bond acceptors (Lipinski definition) is 6. The first-order valence-corrected chi connectivity index (χ1v) is 8.89. The summed E-state index contributed by atoms with van der Waals surface area (Å²) in [6, 6.07) is 1.81. The molecule has 1 heterocycles. The molecule has 1 rings (SSSR count). The predicted molar refractivity (Wildman–Crippen MR) is 83.0 cm³/mol. The third kappa shape index (κ3) is 5.73. The van der Waals surface area contributed by atoms with Crippen LogP contribution in [0.1, 0.15) is 33.0 Å². The number of rotatable bonds is 9. The number of aromatic nitrogens is 2. The Morgan fingerprint density at radius 2 is 1.65 bits per heavy atom. The largest absolute Gasteiger partial charge is 0.370 e. The zero-order valence-electron chi connectivity index (χ0n) is 12.4. The molecule has 6 nitrogen and oxygen atoms in total. The van der Waals surface area contributed by atoms with Crippen LogP contribution in [0.4, 0.5) is 11.6 Å². The second-order valence-corrected chi connectivity index (χ2v) is 6.97. The minimum Gasteiger partial charge on any atom is -0.370 e. The third-order valence-corrected chi connectivity index (χ3v) is 4.51. The summed E-state index contributed by atoms with van der Waals surface area (Å²) in [6.45, 7) is 6.95. The average Bonchev–Trinajstić information content (AvgIpc) is 2.44. The molecule has 0 aliphatic carbocycles. The first kappa shape index (κ1) is 16.7. The normalized spacial score (nSPS) is 11.3. The summed E-state index contributed by atoms with van der Waals surface area (Å²) in [7, 11) is -2.95. The Balaban J connectivity index is 2.68. The van der Waals surface area contributed by atoms with Crippen molar-refractivity contribution in [1.29, 1.82) is 0 Å². The maximum atomic E-state index is 11.4. The number of aryl methyl sites for hydroxylation is 1. The van der Waals surface area contributed by atoms with Crippen LogP contribution in [0.5, 0.6) is 0 Å². The Morgan fingerprint density at radius 3 is 2.15 bits per heavy atom. The summed E-state index contributed by atoms with van der Waals surface area (Å²) < 4.78 is 22.9. The van der Waals surface area contributed by atoms with Crippen LogP contribution in [-0.2, 0) is 16.3 Å². The van der Waals surface area contributed by atoms with Gasteiger partial charge >= 0.3 is 0 Å². The van der Waals surface area contributed by atoms with Crippen LogP contribution in [0, 0.1) is 0 Å². The van der Waals surface area contributed by atoms with Gasteiger partial charge in [-0.25, -0.2) is 18.4 Å². The van der Waals surface area contributed by atoms with E-state index in [0.717, 1.165) is 31.0 Å². The number of anilines is 2. The van der Waals surface area contributed by atoms with E-state index in [1.165, 1.54) is 0 Å². The van der Waals surface area contributed by atoms with Gasteiger partial charge in [0.1, 0.15) is 17.5 Å². The molecule has 0 saturated carbocycles. The highest BCUT2D eigenvalue weighted by Crippen LogP contribution is 2.11. The van der Waals surface area contributed by atoms with Crippen LogP contribution in [0.2, 0.25) is 0 Å². The Kier molecular flexibility index (Phi) is 6.70. The summed E-state index contributed by atoms with van der Waals surface area (Å²) in [6.07, 6.45) is 1.76. The second kappa shape index (κ2) is 8.04. The van der Waals surface area contributed by atoms with Gasteiger partial charge in [0.25, 0.3) is 0 Å². The Hall–Kier alpha value is -1.37. The highest BCUT2D eigenvalue weighted by molar-refractivity contribution is 7.91. The SMILES string of the molecule is CCCNc1cc(NCCS(=O)(=O)CC)nc(CC)n1. The molecule has 0 saturated heterocycles. The molecule has 0 unspecified atom stereocenters. The minimum atomic E-state index is -2.95. The van der Waals surface area contributed by atoms with E-state index in [-0.39, 0.29) is 11.5 Å². The molecule has 1 aromatic heterocycles. The smallest absolute Gasteiger partial charge is 0.151 e. The van der Waals surface area contributed by atoms with Crippen LogP contribution in [0.15, 0.2) is 6.07 Å². The van der Waals surface area contributed by atoms with Crippen molar-refractivity contribution in [2.45, 2.75) is 33.6 Å². The van der Waals surface area contributed by atoms with Gasteiger partial charge in [0.2, 0.25) is 0 Å². The molecule has 114 valence electrons. The average molecular weight is 300 g/mol. The molecule has 0 bridgehead atoms. The van der Waals surface area contributed by atoms with Crippen LogP contribution in [0.3, 0.4) is 0 Å². The quantitative estimate of drug-likeness (QED) is 0.722. The maximum absolute atomic E-state index is 11.4. The minimum absolute atomic E-state index is 0.118. The van der Waals surface area contributed by atoms with E-state index in [1.54, 1.807) is 6.92 Å². The van der Waals surface area contributed by atoms with E-state index in [0.29, 0.717) is 12.4 Å². The van der Waals surface area contributed by atoms with Crippen LogP contribution >= 0.6 is 0 Å². The van der Waals surface area contributed by atoms with E-state index in [1.807, 2.05) is 13.0 Å². The zero-order valence-corrected chi connectivity index (χ0v) is 13.3. The molecule has 0 spiro atoms. The van der Waals surface area contributed by atoms with Gasteiger partial charge < -0.3 is 10.6 Å². The summed E-state index contributed by atoms with van der Waals surface area (Å²) in [4.78, 5) is 8.73. The van der Waals surface area contributed by atoms with Gasteiger partial charge in [-0.2, -0.15) is 0 Å². The lowest BCUT2D eigenvalue weighted by molar-refractivity contribution is 0.597. The van der Waals surface area contributed by atoms with E-state index >= 15 is 0 Å². The van der Waals surface area contributed by atoms with Crippen molar-refractivity contribution in [3.63, 3.8) is 0 Å². The van der Waals surface area contributed by atoms with Crippen LogP contribution in [-0.4, -0.2) is 43.0 Å². The summed E-state index contributed by atoms with van der Waals surface area (Å²) >= 11 is 0. The second-order valence-electron chi connectivity index (χ2n) is 4.50. The third-order valence-electron chi connectivity index (χ3n) is 2.80. The standard InChI is InChI=1S/C13H24N4O2S/c1-4-7-14-12-10-13(17-11(5-2)16-12)15-8-9-20(18,19)6-3/h10H,4-9H2,1-3H3,(H2,14,15,16,17). The van der Waals surface area contributed by atoms with Crippen molar-refractivity contribution >= 4 is 21.5 Å². The fraction of sp³-hybridized carbons (Fsp3) is 0.692. The lowest BCUT2D eigenvalue weighted by Gasteiger charge is -2.10. The monoisotopic (exact) mass is 300 g/mol. The first-order chi connectivity index (χ1) is 9.50. The highest BCUT2D eigenvalue weighted by atomic mass is 32.2. The molecule has 0 amide bonds. The molecular weight excluding hydrogens is 276 g/mol. The number of nitrogens with zero attached hydrogens (tertiary/aromatic N) is 2. The van der Waals surface area contributed by atoms with E-state index in [9.17, 15) is 8.42 Å². The van der Waals surface area contributed by atoms with Crippen molar-refractivity contribution in [2.75, 3.05) is 35.2 Å². The molecule has 2 N–H and O–H groups in total. The predicted octanol–water partition coefficient (Wildman–Crippen LogP) is 1.71. The van der Waals surface area contributed by atoms with Gasteiger partial charge in [0.15, 0.2) is 9.84 Å². The molecule has 7 heteroatoms. The van der Waals surface area contributed by atoms with Gasteiger partial charge in [0, 0.05) is 31.3 Å². The fourth-order valence-electron chi connectivity index (χ4n) is 1.57. The van der Waals surface area contributed by atoms with Gasteiger partial charge in [0.05, 0.1) is 5.75 Å². The number of hydrogen-bond donors (Lipinski definition) is 2. The fourth-order valence-corrected chi connectivity index (χ4v) is 2.27. The molecule has 0 atom stereocenters. The molecule has 1 aromatic rings. The van der Waals surface area contributed by atoms with Crippen LogP contribution < -0.4 is 10.6 Å². The Bertz CT molecular complexity index is 517. The van der Waals surface area contributed by atoms with Gasteiger partial charge in [-0.15, -0.1) is 0 Å². The lowest BCUT2D eigenvalue weighted by atomic mass is 10.4. The lowest BCUT2D eigenvalue weighted by Crippen LogP contribution is -2.18. The molecule has 0 fully saturated rings. The van der Waals surface area contributed by atoms with Crippen LogP contribution in [0.25, 0.3) is 0 Å². The van der Waals surface area contributed by atoms with Crippen molar-refractivity contribution < 1.29 is 8.42 Å². The molecular formula is C13H24N4O2S. The van der Waals surface area contributed by atoms with Crippen molar-refractivity contribution in [3.8, 4) is 0 Å². The summed E-state index contributed by atoms with van der Waals surface area (Å²) in [5.41, 5.74) is 0. The number of sulfone groups is 1. The Labute approximate surface area is 121 Å². The first-order valence-electron chi connectivity index (χ1n) is 7.06. The van der Waals surface area contributed by atoms with Gasteiger partial charge in [-0.3, -0.25) is 0 Å². The topological polar surface area (TPSA) is 84.0 Å². The highest BCUT2D eigenvalue weighted by Gasteiger charge is 2.08. The molecule has 20 heavy (non-hydrogen) atoms. The van der Waals surface area contributed by atoms with Crippen molar-refractivity contribution in [1.82, 2.24) is 9.97 Å². The molecule has 0 radical (unpaired) electrons. The van der Waals surface area contributed by atoms with Gasteiger partial charge in [-0.05, 0) is 6.42 Å². The molecule has 0 aromatic carbocycles. The van der Waals surface area contributed by atoms with Crippen molar-refractivity contribution in [3.05, 3.63) is 11.9 Å². The van der Waals surface area contributed by atoms with E-state index in [2.05, 4.69) is 27.5 Å².